The Balaban J connectivity index is 2.70. The van der Waals surface area contributed by atoms with Crippen molar-refractivity contribution >= 4 is 5.69 Å². The van der Waals surface area contributed by atoms with Crippen LogP contribution in [-0.2, 0) is 0 Å². The van der Waals surface area contributed by atoms with Gasteiger partial charge in [-0.3, -0.25) is 0 Å². The van der Waals surface area contributed by atoms with Gasteiger partial charge >= 0.3 is 0 Å². The SMILES string of the molecule is CCCCN(C)c1ccnc(C#N)c1. The fraction of sp³-hybridized carbons (Fsp3) is 0.455. The predicted octanol–water partition coefficient (Wildman–Crippen LogP) is 2.19. The molecule has 0 unspecified atom stereocenters. The Labute approximate surface area is 85.0 Å². The van der Waals surface area contributed by atoms with Crippen LogP contribution in [0.1, 0.15) is 25.5 Å². The molecule has 0 bridgehead atoms. The second kappa shape index (κ2) is 5.23. The molecule has 0 aliphatic rings. The van der Waals surface area contributed by atoms with Gasteiger partial charge in [0.1, 0.15) is 11.8 Å². The van der Waals surface area contributed by atoms with Crippen molar-refractivity contribution in [1.29, 1.82) is 5.26 Å². The second-order valence-electron chi connectivity index (χ2n) is 3.29. The molecule has 0 aromatic carbocycles. The number of aromatic nitrogens is 1. The van der Waals surface area contributed by atoms with Gasteiger partial charge in [-0.2, -0.15) is 5.26 Å². The lowest BCUT2D eigenvalue weighted by Gasteiger charge is -2.18. The van der Waals surface area contributed by atoms with Gasteiger partial charge in [0.05, 0.1) is 0 Å². The van der Waals surface area contributed by atoms with Crippen LogP contribution in [0.2, 0.25) is 0 Å². The third-order valence-corrected chi connectivity index (χ3v) is 2.15. The van der Waals surface area contributed by atoms with Gasteiger partial charge in [0, 0.05) is 25.5 Å². The molecule has 1 rings (SSSR count). The average Bonchev–Trinajstić information content (AvgIpc) is 2.26. The van der Waals surface area contributed by atoms with Crippen LogP contribution in [0.3, 0.4) is 0 Å². The Morgan fingerprint density at radius 3 is 3.00 bits per heavy atom. The molecule has 3 nitrogen and oxygen atoms in total. The van der Waals surface area contributed by atoms with Crippen LogP contribution in [-0.4, -0.2) is 18.6 Å². The van der Waals surface area contributed by atoms with Crippen LogP contribution in [0.15, 0.2) is 18.3 Å². The Morgan fingerprint density at radius 1 is 1.57 bits per heavy atom. The van der Waals surface area contributed by atoms with Crippen LogP contribution in [0, 0.1) is 11.3 Å². The van der Waals surface area contributed by atoms with Crippen molar-refractivity contribution in [2.24, 2.45) is 0 Å². The molecule has 0 amide bonds. The van der Waals surface area contributed by atoms with Gasteiger partial charge in [0.25, 0.3) is 0 Å². The van der Waals surface area contributed by atoms with Gasteiger partial charge in [-0.05, 0) is 18.6 Å². The molecule has 0 atom stereocenters. The van der Waals surface area contributed by atoms with Crippen molar-refractivity contribution in [3.05, 3.63) is 24.0 Å². The summed E-state index contributed by atoms with van der Waals surface area (Å²) in [6.07, 6.45) is 4.03. The number of unbranched alkanes of at least 4 members (excludes halogenated alkanes) is 1. The Hall–Kier alpha value is -1.56. The molecular weight excluding hydrogens is 174 g/mol. The Kier molecular flexibility index (Phi) is 3.93. The number of nitrogens with zero attached hydrogens (tertiary/aromatic N) is 3. The molecule has 1 heterocycles. The zero-order valence-corrected chi connectivity index (χ0v) is 8.70. The minimum atomic E-state index is 0.478. The standard InChI is InChI=1S/C11H15N3/c1-3-4-7-14(2)11-5-6-13-10(8-11)9-12/h5-6,8H,3-4,7H2,1-2H3. The molecule has 1 aromatic rings. The maximum Gasteiger partial charge on any atom is 0.142 e. The lowest BCUT2D eigenvalue weighted by molar-refractivity contribution is 0.766. The minimum Gasteiger partial charge on any atom is -0.374 e. The van der Waals surface area contributed by atoms with E-state index in [4.69, 9.17) is 5.26 Å². The van der Waals surface area contributed by atoms with E-state index in [-0.39, 0.29) is 0 Å². The van der Waals surface area contributed by atoms with Crippen LogP contribution >= 0.6 is 0 Å². The summed E-state index contributed by atoms with van der Waals surface area (Å²) >= 11 is 0. The molecule has 3 heteroatoms. The Bertz CT molecular complexity index is 328. The van der Waals surface area contributed by atoms with Gasteiger partial charge in [0.2, 0.25) is 0 Å². The summed E-state index contributed by atoms with van der Waals surface area (Å²) in [5.74, 6) is 0. The number of hydrogen-bond acceptors (Lipinski definition) is 3. The highest BCUT2D eigenvalue weighted by Gasteiger charge is 2.01. The third kappa shape index (κ3) is 2.74. The second-order valence-corrected chi connectivity index (χ2v) is 3.29. The summed E-state index contributed by atoms with van der Waals surface area (Å²) in [4.78, 5) is 6.08. The zero-order chi connectivity index (χ0) is 10.4. The molecule has 0 N–H and O–H groups in total. The van der Waals surface area contributed by atoms with E-state index in [0.717, 1.165) is 12.2 Å². The molecule has 0 saturated carbocycles. The number of nitriles is 1. The molecular formula is C11H15N3. The van der Waals surface area contributed by atoms with Crippen molar-refractivity contribution in [1.82, 2.24) is 4.98 Å². The molecule has 0 saturated heterocycles. The molecule has 74 valence electrons. The van der Waals surface area contributed by atoms with E-state index in [1.807, 2.05) is 25.2 Å². The van der Waals surface area contributed by atoms with Gasteiger partial charge in [-0.1, -0.05) is 13.3 Å². The van der Waals surface area contributed by atoms with E-state index >= 15 is 0 Å². The Morgan fingerprint density at radius 2 is 2.36 bits per heavy atom. The first kappa shape index (κ1) is 10.5. The quantitative estimate of drug-likeness (QED) is 0.729. The van der Waals surface area contributed by atoms with Crippen molar-refractivity contribution in [2.75, 3.05) is 18.5 Å². The highest BCUT2D eigenvalue weighted by Crippen LogP contribution is 2.12. The molecule has 1 aromatic heterocycles. The summed E-state index contributed by atoms with van der Waals surface area (Å²) in [6.45, 7) is 3.19. The van der Waals surface area contributed by atoms with E-state index in [0.29, 0.717) is 5.69 Å². The molecule has 0 fully saturated rings. The van der Waals surface area contributed by atoms with Crippen LogP contribution in [0.5, 0.6) is 0 Å². The van der Waals surface area contributed by atoms with Crippen molar-refractivity contribution in [3.63, 3.8) is 0 Å². The maximum atomic E-state index is 8.69. The van der Waals surface area contributed by atoms with Crippen LogP contribution < -0.4 is 4.90 Å². The highest BCUT2D eigenvalue weighted by atomic mass is 15.1. The van der Waals surface area contributed by atoms with E-state index in [2.05, 4.69) is 16.8 Å². The van der Waals surface area contributed by atoms with Crippen molar-refractivity contribution in [2.45, 2.75) is 19.8 Å². The van der Waals surface area contributed by atoms with Gasteiger partial charge in [-0.25, -0.2) is 4.98 Å². The van der Waals surface area contributed by atoms with E-state index < -0.39 is 0 Å². The fourth-order valence-electron chi connectivity index (χ4n) is 1.24. The predicted molar refractivity (Wildman–Crippen MR) is 57.1 cm³/mol. The van der Waals surface area contributed by atoms with Gasteiger partial charge in [0.15, 0.2) is 0 Å². The fourth-order valence-corrected chi connectivity index (χ4v) is 1.24. The van der Waals surface area contributed by atoms with Crippen LogP contribution in [0.25, 0.3) is 0 Å². The van der Waals surface area contributed by atoms with E-state index in [1.54, 1.807) is 6.20 Å². The van der Waals surface area contributed by atoms with Crippen molar-refractivity contribution < 1.29 is 0 Å². The highest BCUT2D eigenvalue weighted by molar-refractivity contribution is 5.47. The largest absolute Gasteiger partial charge is 0.374 e. The molecule has 0 aliphatic heterocycles. The summed E-state index contributed by atoms with van der Waals surface area (Å²) < 4.78 is 0. The summed E-state index contributed by atoms with van der Waals surface area (Å²) in [5, 5.41) is 8.69. The molecule has 14 heavy (non-hydrogen) atoms. The van der Waals surface area contributed by atoms with Gasteiger partial charge < -0.3 is 4.90 Å². The van der Waals surface area contributed by atoms with Crippen molar-refractivity contribution in [3.8, 4) is 6.07 Å². The average molecular weight is 189 g/mol. The molecule has 0 radical (unpaired) electrons. The van der Waals surface area contributed by atoms with Crippen LogP contribution in [0.4, 0.5) is 5.69 Å². The normalized spacial score (nSPS) is 9.50. The molecule has 0 aliphatic carbocycles. The number of anilines is 1. The third-order valence-electron chi connectivity index (χ3n) is 2.15. The summed E-state index contributed by atoms with van der Waals surface area (Å²) in [7, 11) is 2.03. The zero-order valence-electron chi connectivity index (χ0n) is 8.70. The number of pyridine rings is 1. The first-order valence-electron chi connectivity index (χ1n) is 4.85. The van der Waals surface area contributed by atoms with E-state index in [9.17, 15) is 0 Å². The minimum absolute atomic E-state index is 0.478. The first-order chi connectivity index (χ1) is 6.77. The smallest absolute Gasteiger partial charge is 0.142 e. The molecule has 0 spiro atoms. The van der Waals surface area contributed by atoms with E-state index in [1.165, 1.54) is 12.8 Å². The summed E-state index contributed by atoms with van der Waals surface area (Å²) in [6, 6.07) is 5.78. The number of hydrogen-bond donors (Lipinski definition) is 0. The monoisotopic (exact) mass is 189 g/mol. The lowest BCUT2D eigenvalue weighted by Crippen LogP contribution is -2.18. The summed E-state index contributed by atoms with van der Waals surface area (Å²) in [5.41, 5.74) is 1.54. The topological polar surface area (TPSA) is 39.9 Å². The lowest BCUT2D eigenvalue weighted by atomic mass is 10.2. The number of rotatable bonds is 4. The van der Waals surface area contributed by atoms with Gasteiger partial charge in [-0.15, -0.1) is 0 Å². The first-order valence-corrected chi connectivity index (χ1v) is 4.85. The maximum absolute atomic E-state index is 8.69.